The van der Waals surface area contributed by atoms with Gasteiger partial charge in [0.1, 0.15) is 4.60 Å². The van der Waals surface area contributed by atoms with Crippen molar-refractivity contribution in [2.45, 2.75) is 71.1 Å². The predicted octanol–water partition coefficient (Wildman–Crippen LogP) is 6.36. The summed E-state index contributed by atoms with van der Waals surface area (Å²) in [5.74, 6) is 0.668. The number of hydrogen-bond donors (Lipinski definition) is 1. The third-order valence-electron chi connectivity index (χ3n) is 4.86. The second-order valence-electron chi connectivity index (χ2n) is 6.50. The SMILES string of the molecule is CCC=C(O)C1(CCCCCc2cccc(Br)n2)CCCC1. The van der Waals surface area contributed by atoms with E-state index < -0.39 is 0 Å². The zero-order chi connectivity index (χ0) is 15.8. The highest BCUT2D eigenvalue weighted by Crippen LogP contribution is 2.47. The number of hydrogen-bond acceptors (Lipinski definition) is 2. The molecular formula is C19H28BrNO. The molecule has 1 aromatic heterocycles. The molecule has 0 unspecified atom stereocenters. The molecule has 0 spiro atoms. The highest BCUT2D eigenvalue weighted by Gasteiger charge is 2.36. The largest absolute Gasteiger partial charge is 0.512 e. The van der Waals surface area contributed by atoms with Crippen LogP contribution in [-0.2, 0) is 6.42 Å². The lowest BCUT2D eigenvalue weighted by molar-refractivity contribution is 0.201. The minimum Gasteiger partial charge on any atom is -0.512 e. The summed E-state index contributed by atoms with van der Waals surface area (Å²) in [6.07, 6.45) is 13.6. The number of aromatic nitrogens is 1. The molecule has 0 aliphatic heterocycles. The molecule has 1 N–H and O–H groups in total. The molecule has 0 aromatic carbocycles. The summed E-state index contributed by atoms with van der Waals surface area (Å²) < 4.78 is 0.921. The Bertz CT molecular complexity index is 492. The van der Waals surface area contributed by atoms with Crippen molar-refractivity contribution in [3.8, 4) is 0 Å². The van der Waals surface area contributed by atoms with E-state index in [1.807, 2.05) is 18.2 Å². The Kier molecular flexibility index (Phi) is 6.94. The van der Waals surface area contributed by atoms with E-state index in [-0.39, 0.29) is 5.41 Å². The van der Waals surface area contributed by atoms with Crippen LogP contribution in [0.2, 0.25) is 0 Å². The molecule has 2 nitrogen and oxygen atoms in total. The number of rotatable bonds is 8. The van der Waals surface area contributed by atoms with Gasteiger partial charge in [-0.3, -0.25) is 0 Å². The third-order valence-corrected chi connectivity index (χ3v) is 5.30. The number of aryl methyl sites for hydroxylation is 1. The molecule has 0 amide bonds. The molecule has 1 aromatic rings. The zero-order valence-corrected chi connectivity index (χ0v) is 15.2. The maximum Gasteiger partial charge on any atom is 0.106 e. The number of nitrogens with zero attached hydrogens (tertiary/aromatic N) is 1. The van der Waals surface area contributed by atoms with Crippen LogP contribution in [0.15, 0.2) is 34.6 Å². The van der Waals surface area contributed by atoms with Gasteiger partial charge in [0.25, 0.3) is 0 Å². The molecule has 0 radical (unpaired) electrons. The van der Waals surface area contributed by atoms with Crippen molar-refractivity contribution >= 4 is 15.9 Å². The number of pyridine rings is 1. The van der Waals surface area contributed by atoms with Crippen molar-refractivity contribution < 1.29 is 5.11 Å². The van der Waals surface area contributed by atoms with E-state index in [0.29, 0.717) is 5.76 Å². The van der Waals surface area contributed by atoms with Crippen molar-refractivity contribution in [1.29, 1.82) is 0 Å². The summed E-state index contributed by atoms with van der Waals surface area (Å²) in [6, 6.07) is 6.11. The van der Waals surface area contributed by atoms with Crippen molar-refractivity contribution in [3.05, 3.63) is 40.3 Å². The van der Waals surface area contributed by atoms with E-state index in [9.17, 15) is 5.11 Å². The van der Waals surface area contributed by atoms with Crippen LogP contribution < -0.4 is 0 Å². The Morgan fingerprint density at radius 1 is 1.27 bits per heavy atom. The van der Waals surface area contributed by atoms with E-state index in [4.69, 9.17) is 0 Å². The first-order valence-electron chi connectivity index (χ1n) is 8.67. The molecule has 2 rings (SSSR count). The fourth-order valence-electron chi connectivity index (χ4n) is 3.63. The summed E-state index contributed by atoms with van der Waals surface area (Å²) in [5.41, 5.74) is 1.27. The van der Waals surface area contributed by atoms with E-state index in [1.54, 1.807) is 0 Å². The van der Waals surface area contributed by atoms with Gasteiger partial charge in [-0.15, -0.1) is 0 Å². The van der Waals surface area contributed by atoms with E-state index in [1.165, 1.54) is 50.6 Å². The molecule has 122 valence electrons. The van der Waals surface area contributed by atoms with Crippen LogP contribution in [-0.4, -0.2) is 10.1 Å². The number of unbranched alkanes of at least 4 members (excludes halogenated alkanes) is 2. The number of aliphatic hydroxyl groups is 1. The molecular weight excluding hydrogens is 338 g/mol. The quantitative estimate of drug-likeness (QED) is 0.330. The average molecular weight is 366 g/mol. The Hall–Kier alpha value is -0.830. The van der Waals surface area contributed by atoms with Crippen molar-refractivity contribution in [1.82, 2.24) is 4.98 Å². The average Bonchev–Trinajstić information content (AvgIpc) is 2.97. The lowest BCUT2D eigenvalue weighted by atomic mass is 9.78. The highest BCUT2D eigenvalue weighted by atomic mass is 79.9. The van der Waals surface area contributed by atoms with Gasteiger partial charge in [-0.05, 0) is 72.7 Å². The summed E-state index contributed by atoms with van der Waals surface area (Å²) in [5, 5.41) is 10.4. The van der Waals surface area contributed by atoms with Crippen LogP contribution >= 0.6 is 15.9 Å². The van der Waals surface area contributed by atoms with Crippen LogP contribution in [0.1, 0.15) is 70.4 Å². The number of aliphatic hydroxyl groups excluding tert-OH is 1. The Morgan fingerprint density at radius 2 is 2.05 bits per heavy atom. The summed E-state index contributed by atoms with van der Waals surface area (Å²) in [6.45, 7) is 2.10. The molecule has 0 bridgehead atoms. The van der Waals surface area contributed by atoms with Gasteiger partial charge in [0, 0.05) is 11.1 Å². The van der Waals surface area contributed by atoms with Crippen LogP contribution in [0.3, 0.4) is 0 Å². The minimum absolute atomic E-state index is 0.101. The van der Waals surface area contributed by atoms with Crippen molar-refractivity contribution in [3.63, 3.8) is 0 Å². The third kappa shape index (κ3) is 4.84. The molecule has 1 saturated carbocycles. The normalized spacial score (nSPS) is 17.8. The van der Waals surface area contributed by atoms with Crippen LogP contribution in [0.25, 0.3) is 0 Å². The molecule has 1 aliphatic rings. The van der Waals surface area contributed by atoms with E-state index in [0.717, 1.165) is 23.9 Å². The van der Waals surface area contributed by atoms with Gasteiger partial charge in [-0.25, -0.2) is 4.98 Å². The predicted molar refractivity (Wildman–Crippen MR) is 96.0 cm³/mol. The summed E-state index contributed by atoms with van der Waals surface area (Å²) >= 11 is 3.42. The van der Waals surface area contributed by atoms with E-state index >= 15 is 0 Å². The zero-order valence-electron chi connectivity index (χ0n) is 13.7. The Balaban J connectivity index is 1.76. The standard InChI is InChI=1S/C19H28BrNO/c1-2-9-17(22)19(14-6-7-15-19)13-5-3-4-10-16-11-8-12-18(20)21-16/h8-9,11-12,22H,2-7,10,13-15H2,1H3. The van der Waals surface area contributed by atoms with Gasteiger partial charge in [-0.1, -0.05) is 38.7 Å². The number of halogens is 1. The first-order valence-corrected chi connectivity index (χ1v) is 9.47. The van der Waals surface area contributed by atoms with Gasteiger partial charge < -0.3 is 5.11 Å². The number of allylic oxidation sites excluding steroid dienone is 2. The second kappa shape index (κ2) is 8.71. The van der Waals surface area contributed by atoms with E-state index in [2.05, 4.69) is 33.9 Å². The molecule has 0 atom stereocenters. The lowest BCUT2D eigenvalue weighted by Gasteiger charge is -2.28. The van der Waals surface area contributed by atoms with Gasteiger partial charge in [0.15, 0.2) is 0 Å². The van der Waals surface area contributed by atoms with Gasteiger partial charge in [-0.2, -0.15) is 0 Å². The molecule has 3 heteroatoms. The smallest absolute Gasteiger partial charge is 0.106 e. The molecule has 0 saturated heterocycles. The maximum atomic E-state index is 10.4. The fourth-order valence-corrected chi connectivity index (χ4v) is 4.01. The van der Waals surface area contributed by atoms with Gasteiger partial charge >= 0.3 is 0 Å². The van der Waals surface area contributed by atoms with Crippen LogP contribution in [0.4, 0.5) is 0 Å². The van der Waals surface area contributed by atoms with Crippen molar-refractivity contribution in [2.75, 3.05) is 0 Å². The Morgan fingerprint density at radius 3 is 2.73 bits per heavy atom. The lowest BCUT2D eigenvalue weighted by Crippen LogP contribution is -2.19. The first-order chi connectivity index (χ1) is 10.7. The fraction of sp³-hybridized carbons (Fsp3) is 0.632. The highest BCUT2D eigenvalue weighted by molar-refractivity contribution is 9.10. The molecule has 22 heavy (non-hydrogen) atoms. The monoisotopic (exact) mass is 365 g/mol. The summed E-state index contributed by atoms with van der Waals surface area (Å²) in [4.78, 5) is 4.48. The van der Waals surface area contributed by atoms with Crippen LogP contribution in [0, 0.1) is 5.41 Å². The maximum absolute atomic E-state index is 10.4. The Labute approximate surface area is 143 Å². The molecule has 1 aliphatic carbocycles. The summed E-state index contributed by atoms with van der Waals surface area (Å²) in [7, 11) is 0. The van der Waals surface area contributed by atoms with Gasteiger partial charge in [0.05, 0.1) is 5.76 Å². The van der Waals surface area contributed by atoms with Crippen LogP contribution in [0.5, 0.6) is 0 Å². The van der Waals surface area contributed by atoms with Gasteiger partial charge in [0.2, 0.25) is 0 Å². The minimum atomic E-state index is 0.101. The molecule has 1 fully saturated rings. The topological polar surface area (TPSA) is 33.1 Å². The first kappa shape index (κ1) is 17.5. The second-order valence-corrected chi connectivity index (χ2v) is 7.31. The molecule has 1 heterocycles. The van der Waals surface area contributed by atoms with Crippen molar-refractivity contribution in [2.24, 2.45) is 5.41 Å².